The van der Waals surface area contributed by atoms with E-state index in [-0.39, 0.29) is 35.3 Å². The maximum absolute atomic E-state index is 13.0. The Hall–Kier alpha value is -3.62. The Morgan fingerprint density at radius 1 is 1.08 bits per heavy atom. The summed E-state index contributed by atoms with van der Waals surface area (Å²) in [7, 11) is -3.91. The molecule has 2 amide bonds. The minimum atomic E-state index is -5.23. The number of aromatic amines is 1. The molecule has 1 aliphatic rings. The van der Waals surface area contributed by atoms with Crippen molar-refractivity contribution in [2.75, 3.05) is 0 Å². The number of aromatic nitrogens is 2. The van der Waals surface area contributed by atoms with Crippen LogP contribution in [0.2, 0.25) is 0 Å². The van der Waals surface area contributed by atoms with Gasteiger partial charge >= 0.3 is 18.3 Å². The quantitative estimate of drug-likeness (QED) is 0.433. The second-order valence-corrected chi connectivity index (χ2v) is 9.95. The van der Waals surface area contributed by atoms with Gasteiger partial charge < -0.3 is 10.3 Å². The molecule has 15 heteroatoms. The summed E-state index contributed by atoms with van der Waals surface area (Å²) in [5.41, 5.74) is -0.409. The van der Waals surface area contributed by atoms with Crippen LogP contribution >= 0.6 is 0 Å². The summed E-state index contributed by atoms with van der Waals surface area (Å²) < 4.78 is 104. The molecule has 2 atom stereocenters. The van der Waals surface area contributed by atoms with Gasteiger partial charge in [-0.1, -0.05) is 24.3 Å². The van der Waals surface area contributed by atoms with Crippen molar-refractivity contribution < 1.29 is 44.3 Å². The van der Waals surface area contributed by atoms with Crippen LogP contribution in [-0.2, 0) is 32.2 Å². The van der Waals surface area contributed by atoms with Crippen molar-refractivity contribution >= 4 is 32.9 Å². The van der Waals surface area contributed by atoms with Crippen LogP contribution in [-0.4, -0.2) is 36.4 Å². The molecule has 0 unspecified atom stereocenters. The lowest BCUT2D eigenvalue weighted by molar-refractivity contribution is -0.174. The van der Waals surface area contributed by atoms with Crippen molar-refractivity contribution in [3.8, 4) is 0 Å². The maximum Gasteiger partial charge on any atom is 0.471 e. The van der Waals surface area contributed by atoms with Crippen LogP contribution in [0.3, 0.4) is 0 Å². The maximum atomic E-state index is 13.0. The standard InChI is InChI=1S/C21H16F6N4O4S/c22-20(23,24)12-5-6-13-14(8-12)29-18(28-13)15(30-19(33)21(25,26)27)7-10-1-3-11(4-2-10)16-9-17(32)31-36(16,34)35/h1-6,8,15-16H,7,9H2,(H,28,29)(H,30,33)(H,31,32)/t15-,16-/m0/s1. The zero-order valence-electron chi connectivity index (χ0n) is 17.9. The minimum absolute atomic E-state index is 0.0446. The molecule has 0 bridgehead atoms. The van der Waals surface area contributed by atoms with Crippen LogP contribution in [0.5, 0.6) is 0 Å². The van der Waals surface area contributed by atoms with Crippen LogP contribution in [0.25, 0.3) is 11.0 Å². The lowest BCUT2D eigenvalue weighted by Gasteiger charge is -2.18. The van der Waals surface area contributed by atoms with Crippen molar-refractivity contribution in [1.29, 1.82) is 0 Å². The van der Waals surface area contributed by atoms with Crippen molar-refractivity contribution in [3.05, 3.63) is 65.0 Å². The Morgan fingerprint density at radius 3 is 2.31 bits per heavy atom. The molecular formula is C21H16F6N4O4S. The Morgan fingerprint density at radius 2 is 1.75 bits per heavy atom. The monoisotopic (exact) mass is 534 g/mol. The van der Waals surface area contributed by atoms with E-state index in [1.807, 2.05) is 4.72 Å². The molecule has 0 saturated carbocycles. The minimum Gasteiger partial charge on any atom is -0.340 e. The van der Waals surface area contributed by atoms with Crippen LogP contribution in [0, 0.1) is 0 Å². The number of halogens is 6. The van der Waals surface area contributed by atoms with Gasteiger partial charge in [-0.3, -0.25) is 14.3 Å². The number of H-pyrrole nitrogens is 1. The zero-order chi connectivity index (χ0) is 26.5. The van der Waals surface area contributed by atoms with Gasteiger partial charge in [0.15, 0.2) is 0 Å². The Balaban J connectivity index is 1.64. The van der Waals surface area contributed by atoms with E-state index in [0.29, 0.717) is 5.56 Å². The summed E-state index contributed by atoms with van der Waals surface area (Å²) in [4.78, 5) is 29.7. The number of nitrogens with zero attached hydrogens (tertiary/aromatic N) is 1. The fraction of sp³-hybridized carbons (Fsp3) is 0.286. The van der Waals surface area contributed by atoms with E-state index in [4.69, 9.17) is 0 Å². The molecule has 2 heterocycles. The smallest absolute Gasteiger partial charge is 0.340 e. The topological polar surface area (TPSA) is 121 Å². The summed E-state index contributed by atoms with van der Waals surface area (Å²) in [6.45, 7) is 0. The Labute approximate surface area is 199 Å². The Bertz CT molecular complexity index is 1430. The molecule has 1 aromatic heterocycles. The van der Waals surface area contributed by atoms with Gasteiger partial charge in [0.1, 0.15) is 11.1 Å². The van der Waals surface area contributed by atoms with Crippen LogP contribution in [0.15, 0.2) is 42.5 Å². The number of carbonyl (C=O) groups excluding carboxylic acids is 2. The summed E-state index contributed by atoms with van der Waals surface area (Å²) in [5.74, 6) is -3.15. The molecule has 4 rings (SSSR count). The molecule has 192 valence electrons. The molecule has 8 nitrogen and oxygen atoms in total. The molecule has 0 aliphatic carbocycles. The van der Waals surface area contributed by atoms with Gasteiger partial charge in [-0.2, -0.15) is 26.3 Å². The normalized spacial score (nSPS) is 18.7. The first-order valence-corrected chi connectivity index (χ1v) is 11.8. The number of amides is 2. The van der Waals surface area contributed by atoms with Gasteiger partial charge in [0.05, 0.1) is 29.1 Å². The predicted octanol–water partition coefficient (Wildman–Crippen LogP) is 3.43. The number of nitrogens with one attached hydrogen (secondary N) is 3. The second kappa shape index (κ2) is 8.80. The van der Waals surface area contributed by atoms with Gasteiger partial charge in [0, 0.05) is 0 Å². The third-order valence-electron chi connectivity index (χ3n) is 5.51. The summed E-state index contributed by atoms with van der Waals surface area (Å²) in [6.07, 6.45) is -10.4. The predicted molar refractivity (Wildman–Crippen MR) is 113 cm³/mol. The number of hydrogen-bond donors (Lipinski definition) is 3. The third kappa shape index (κ3) is 5.29. The summed E-state index contributed by atoms with van der Waals surface area (Å²) in [5, 5.41) is 0.659. The van der Waals surface area contributed by atoms with Gasteiger partial charge in [-0.15, -0.1) is 0 Å². The number of fused-ring (bicyclic) bond motifs is 1. The van der Waals surface area contributed by atoms with E-state index < -0.39 is 51.0 Å². The van der Waals surface area contributed by atoms with E-state index in [1.54, 1.807) is 5.32 Å². The highest BCUT2D eigenvalue weighted by molar-refractivity contribution is 7.90. The molecule has 36 heavy (non-hydrogen) atoms. The highest BCUT2D eigenvalue weighted by Crippen LogP contribution is 2.33. The molecule has 1 aliphatic heterocycles. The second-order valence-electron chi connectivity index (χ2n) is 8.08. The van der Waals surface area contributed by atoms with Gasteiger partial charge in [0.2, 0.25) is 15.9 Å². The van der Waals surface area contributed by atoms with Gasteiger partial charge in [-0.05, 0) is 35.7 Å². The molecular weight excluding hydrogens is 518 g/mol. The molecule has 3 N–H and O–H groups in total. The first-order valence-electron chi connectivity index (χ1n) is 10.2. The van der Waals surface area contributed by atoms with Gasteiger partial charge in [-0.25, -0.2) is 13.4 Å². The molecule has 0 radical (unpaired) electrons. The number of imidazole rings is 1. The zero-order valence-corrected chi connectivity index (χ0v) is 18.7. The van der Waals surface area contributed by atoms with Crippen molar-refractivity contribution in [2.24, 2.45) is 0 Å². The number of hydrogen-bond acceptors (Lipinski definition) is 5. The molecule has 1 fully saturated rings. The van der Waals surface area contributed by atoms with Crippen LogP contribution in [0.4, 0.5) is 26.3 Å². The van der Waals surface area contributed by atoms with E-state index in [9.17, 15) is 44.3 Å². The largest absolute Gasteiger partial charge is 0.471 e. The van der Waals surface area contributed by atoms with Crippen molar-refractivity contribution in [2.45, 2.75) is 36.5 Å². The highest BCUT2D eigenvalue weighted by Gasteiger charge is 2.41. The molecule has 2 aromatic carbocycles. The summed E-state index contributed by atoms with van der Waals surface area (Å²) >= 11 is 0. The molecule has 1 saturated heterocycles. The van der Waals surface area contributed by atoms with E-state index >= 15 is 0 Å². The number of benzene rings is 2. The van der Waals surface area contributed by atoms with E-state index in [2.05, 4.69) is 9.97 Å². The van der Waals surface area contributed by atoms with E-state index in [0.717, 1.165) is 18.2 Å². The first kappa shape index (κ1) is 25.5. The highest BCUT2D eigenvalue weighted by atomic mass is 32.2. The van der Waals surface area contributed by atoms with E-state index in [1.165, 1.54) is 24.3 Å². The number of rotatable bonds is 5. The Kier molecular flexibility index (Phi) is 6.22. The first-order chi connectivity index (χ1) is 16.6. The lowest BCUT2D eigenvalue weighted by Crippen LogP contribution is -2.40. The fourth-order valence-corrected chi connectivity index (χ4v) is 5.21. The summed E-state index contributed by atoms with van der Waals surface area (Å²) in [6, 6.07) is 6.74. The number of sulfonamides is 1. The third-order valence-corrected chi connectivity index (χ3v) is 7.21. The molecule has 3 aromatic rings. The fourth-order valence-electron chi connectivity index (χ4n) is 3.78. The average molecular weight is 534 g/mol. The SMILES string of the molecule is O=C1C[C@@H](c2ccc(C[C@H](NC(=O)C(F)(F)F)c3nc4ccc(C(F)(F)F)cc4[nH]3)cc2)S(=O)(=O)N1. The average Bonchev–Trinajstić information content (AvgIpc) is 3.31. The van der Waals surface area contributed by atoms with Crippen LogP contribution in [0.1, 0.15) is 40.2 Å². The van der Waals surface area contributed by atoms with Crippen molar-refractivity contribution in [1.82, 2.24) is 20.0 Å². The van der Waals surface area contributed by atoms with Gasteiger partial charge in [0.25, 0.3) is 0 Å². The van der Waals surface area contributed by atoms with Crippen molar-refractivity contribution in [3.63, 3.8) is 0 Å². The van der Waals surface area contributed by atoms with Crippen LogP contribution < -0.4 is 10.0 Å². The number of alkyl halides is 6. The number of carbonyl (C=O) groups is 2. The molecule has 0 spiro atoms. The lowest BCUT2D eigenvalue weighted by atomic mass is 10.0.